The van der Waals surface area contributed by atoms with E-state index in [0.717, 1.165) is 31.4 Å². The summed E-state index contributed by atoms with van der Waals surface area (Å²) in [7, 11) is 0. The maximum Gasteiger partial charge on any atom is 0.416 e. The predicted octanol–water partition coefficient (Wildman–Crippen LogP) is 7.30. The smallest absolute Gasteiger partial charge is 0.367 e. The minimum atomic E-state index is -4.63. The van der Waals surface area contributed by atoms with Crippen LogP contribution in [0.5, 0.6) is 0 Å². The lowest BCUT2D eigenvalue weighted by Crippen LogP contribution is -2.39. The highest BCUT2D eigenvalue weighted by Gasteiger charge is 2.35. The number of halogens is 6. The third-order valence-electron chi connectivity index (χ3n) is 4.90. The second-order valence-electron chi connectivity index (χ2n) is 6.97. The first-order chi connectivity index (χ1) is 13.6. The number of hydrogen-bond donors (Lipinski definition) is 1. The molecule has 0 aromatic heterocycles. The molecule has 2 aromatic carbocycles. The number of piperidine rings is 1. The second-order valence-corrected chi connectivity index (χ2v) is 8.19. The zero-order valence-corrected chi connectivity index (χ0v) is 17.7. The van der Waals surface area contributed by atoms with Crippen LogP contribution >= 0.6 is 34.8 Å². The van der Waals surface area contributed by atoms with Crippen LogP contribution in [0.2, 0.25) is 15.1 Å². The number of rotatable bonds is 3. The number of nitrogens with one attached hydrogen (secondary N) is 1. The fraction of sp³-hybridized carbons (Fsp3) is 0.350. The average molecular weight is 466 g/mol. The van der Waals surface area contributed by atoms with Gasteiger partial charge in [0.25, 0.3) is 5.91 Å². The minimum Gasteiger partial charge on any atom is -0.367 e. The van der Waals surface area contributed by atoms with Crippen molar-refractivity contribution in [3.8, 4) is 0 Å². The zero-order valence-electron chi connectivity index (χ0n) is 15.4. The summed E-state index contributed by atoms with van der Waals surface area (Å²) in [6.07, 6.45) is -1.88. The molecule has 1 N–H and O–H groups in total. The van der Waals surface area contributed by atoms with Gasteiger partial charge in [0.15, 0.2) is 0 Å². The largest absolute Gasteiger partial charge is 0.416 e. The highest BCUT2D eigenvalue weighted by atomic mass is 35.5. The van der Waals surface area contributed by atoms with Crippen molar-refractivity contribution in [1.29, 1.82) is 0 Å². The number of carbonyl (C=O) groups excluding carboxylic acids is 1. The first-order valence-electron chi connectivity index (χ1n) is 9.01. The van der Waals surface area contributed by atoms with Gasteiger partial charge in [0, 0.05) is 18.3 Å². The second kappa shape index (κ2) is 8.62. The Morgan fingerprint density at radius 2 is 1.79 bits per heavy atom. The van der Waals surface area contributed by atoms with Crippen LogP contribution in [0, 0.1) is 0 Å². The van der Waals surface area contributed by atoms with Crippen LogP contribution in [0.3, 0.4) is 0 Å². The van der Waals surface area contributed by atoms with Crippen molar-refractivity contribution >= 4 is 52.1 Å². The molecule has 2 aromatic rings. The van der Waals surface area contributed by atoms with Crippen molar-refractivity contribution in [2.24, 2.45) is 0 Å². The number of hydrogen-bond acceptors (Lipinski definition) is 2. The topological polar surface area (TPSA) is 32.3 Å². The van der Waals surface area contributed by atoms with Crippen LogP contribution in [-0.2, 0) is 6.18 Å². The molecule has 1 amide bonds. The van der Waals surface area contributed by atoms with Gasteiger partial charge in [-0.15, -0.1) is 0 Å². The molecule has 0 bridgehead atoms. The maximum absolute atomic E-state index is 13.4. The lowest BCUT2D eigenvalue weighted by molar-refractivity contribution is -0.137. The van der Waals surface area contributed by atoms with E-state index in [-0.39, 0.29) is 21.7 Å². The number of benzene rings is 2. The van der Waals surface area contributed by atoms with Gasteiger partial charge in [0.05, 0.1) is 31.9 Å². The number of amides is 1. The molecule has 156 valence electrons. The van der Waals surface area contributed by atoms with Gasteiger partial charge in [0.2, 0.25) is 0 Å². The van der Waals surface area contributed by atoms with Gasteiger partial charge in [0.1, 0.15) is 0 Å². The molecule has 1 saturated heterocycles. The van der Waals surface area contributed by atoms with E-state index < -0.39 is 17.6 Å². The highest BCUT2D eigenvalue weighted by Crippen LogP contribution is 2.40. The van der Waals surface area contributed by atoms with Crippen molar-refractivity contribution in [3.05, 3.63) is 56.5 Å². The molecule has 9 heteroatoms. The Labute approximate surface area is 181 Å². The molecular formula is C20H18Cl3F3N2O. The van der Waals surface area contributed by atoms with Gasteiger partial charge in [-0.05, 0) is 56.5 Å². The summed E-state index contributed by atoms with van der Waals surface area (Å²) in [6.45, 7) is 2.58. The summed E-state index contributed by atoms with van der Waals surface area (Å²) in [5, 5.41) is 3.01. The van der Waals surface area contributed by atoms with Gasteiger partial charge in [-0.25, -0.2) is 0 Å². The summed E-state index contributed by atoms with van der Waals surface area (Å²) in [6, 6.07) is 6.20. The van der Waals surface area contributed by atoms with Crippen LogP contribution < -0.4 is 10.2 Å². The molecule has 0 radical (unpaired) electrons. The van der Waals surface area contributed by atoms with Crippen LogP contribution in [-0.4, -0.2) is 18.5 Å². The number of alkyl halides is 3. The molecule has 1 heterocycles. The van der Waals surface area contributed by atoms with Gasteiger partial charge in [-0.2, -0.15) is 13.2 Å². The fourth-order valence-corrected chi connectivity index (χ4v) is 4.06. The highest BCUT2D eigenvalue weighted by molar-refractivity contribution is 6.42. The molecule has 0 saturated carbocycles. The first kappa shape index (κ1) is 22.1. The molecule has 0 aliphatic carbocycles. The van der Waals surface area contributed by atoms with Crippen molar-refractivity contribution in [2.75, 3.05) is 16.8 Å². The molecule has 1 unspecified atom stereocenters. The van der Waals surface area contributed by atoms with E-state index in [2.05, 4.69) is 5.32 Å². The molecule has 3 rings (SSSR count). The molecule has 1 fully saturated rings. The minimum absolute atomic E-state index is 0.0505. The quantitative estimate of drug-likeness (QED) is 0.516. The summed E-state index contributed by atoms with van der Waals surface area (Å²) in [4.78, 5) is 14.9. The SMILES string of the molecule is CC1CCCCN1c1c(Cl)cc(C(F)(F)F)cc1C(=O)Nc1ccc(Cl)c(Cl)c1. The fourth-order valence-electron chi connectivity index (χ4n) is 3.43. The molecule has 0 spiro atoms. The van der Waals surface area contributed by atoms with E-state index in [0.29, 0.717) is 22.9 Å². The third kappa shape index (κ3) is 4.93. The summed E-state index contributed by atoms with van der Waals surface area (Å²) in [5.41, 5.74) is -0.486. The van der Waals surface area contributed by atoms with E-state index in [4.69, 9.17) is 34.8 Å². The van der Waals surface area contributed by atoms with E-state index in [1.54, 1.807) is 0 Å². The van der Waals surface area contributed by atoms with Crippen LogP contribution in [0.1, 0.15) is 42.1 Å². The van der Waals surface area contributed by atoms with Crippen molar-refractivity contribution < 1.29 is 18.0 Å². The molecule has 1 aliphatic rings. The average Bonchev–Trinajstić information content (AvgIpc) is 2.64. The van der Waals surface area contributed by atoms with Crippen molar-refractivity contribution in [1.82, 2.24) is 0 Å². The van der Waals surface area contributed by atoms with Gasteiger partial charge in [-0.1, -0.05) is 34.8 Å². The number of anilines is 2. The first-order valence-corrected chi connectivity index (χ1v) is 10.1. The molecule has 1 atom stereocenters. The summed E-state index contributed by atoms with van der Waals surface area (Å²) in [5.74, 6) is -0.704. The Balaban J connectivity index is 2.06. The van der Waals surface area contributed by atoms with E-state index in [1.165, 1.54) is 18.2 Å². The summed E-state index contributed by atoms with van der Waals surface area (Å²) >= 11 is 18.1. The normalized spacial score (nSPS) is 17.3. The Bertz CT molecular complexity index is 934. The summed E-state index contributed by atoms with van der Waals surface area (Å²) < 4.78 is 40.1. The molecular weight excluding hydrogens is 448 g/mol. The lowest BCUT2D eigenvalue weighted by Gasteiger charge is -2.37. The zero-order chi connectivity index (χ0) is 21.3. The van der Waals surface area contributed by atoms with E-state index in [9.17, 15) is 18.0 Å². The van der Waals surface area contributed by atoms with Crippen LogP contribution in [0.25, 0.3) is 0 Å². The third-order valence-corrected chi connectivity index (χ3v) is 5.93. The van der Waals surface area contributed by atoms with Gasteiger partial charge < -0.3 is 10.2 Å². The Hall–Kier alpha value is -1.63. The monoisotopic (exact) mass is 464 g/mol. The van der Waals surface area contributed by atoms with Crippen molar-refractivity contribution in [2.45, 2.75) is 38.4 Å². The van der Waals surface area contributed by atoms with Crippen LogP contribution in [0.15, 0.2) is 30.3 Å². The lowest BCUT2D eigenvalue weighted by atomic mass is 9.99. The Morgan fingerprint density at radius 3 is 2.41 bits per heavy atom. The molecule has 29 heavy (non-hydrogen) atoms. The number of carbonyl (C=O) groups is 1. The predicted molar refractivity (Wildman–Crippen MR) is 112 cm³/mol. The van der Waals surface area contributed by atoms with E-state index >= 15 is 0 Å². The van der Waals surface area contributed by atoms with Gasteiger partial charge in [-0.3, -0.25) is 4.79 Å². The standard InChI is InChI=1S/C20H18Cl3F3N2O/c1-11-4-2-3-7-28(11)18-14(8-12(9-17(18)23)20(24,25)26)19(29)27-13-5-6-15(21)16(22)10-13/h5-6,8-11H,2-4,7H2,1H3,(H,27,29). The molecule has 1 aliphatic heterocycles. The maximum atomic E-state index is 13.4. The number of nitrogens with zero attached hydrogens (tertiary/aromatic N) is 1. The Kier molecular flexibility index (Phi) is 6.56. The molecule has 3 nitrogen and oxygen atoms in total. The Morgan fingerprint density at radius 1 is 1.07 bits per heavy atom. The van der Waals surface area contributed by atoms with Crippen molar-refractivity contribution in [3.63, 3.8) is 0 Å². The van der Waals surface area contributed by atoms with E-state index in [1.807, 2.05) is 11.8 Å². The van der Waals surface area contributed by atoms with Gasteiger partial charge >= 0.3 is 6.18 Å². The van der Waals surface area contributed by atoms with Crippen LogP contribution in [0.4, 0.5) is 24.5 Å².